The van der Waals surface area contributed by atoms with Crippen LogP contribution in [0.3, 0.4) is 0 Å². The average Bonchev–Trinajstić information content (AvgIpc) is 2.64. The lowest BCUT2D eigenvalue weighted by molar-refractivity contribution is 0.0998. The first kappa shape index (κ1) is 12.8. The second kappa shape index (κ2) is 4.53. The van der Waals surface area contributed by atoms with E-state index in [1.807, 2.05) is 25.1 Å². The predicted octanol–water partition coefficient (Wildman–Crippen LogP) is 1.76. The number of aryl methyl sites for hydroxylation is 1. The van der Waals surface area contributed by atoms with Crippen molar-refractivity contribution in [1.82, 2.24) is 9.38 Å². The van der Waals surface area contributed by atoms with E-state index in [2.05, 4.69) is 9.35 Å². The molecule has 0 unspecified atom stereocenters. The summed E-state index contributed by atoms with van der Waals surface area (Å²) in [5.41, 5.74) is 1.79. The van der Waals surface area contributed by atoms with Gasteiger partial charge in [0.25, 0.3) is 0 Å². The molecule has 2 rings (SSSR count). The zero-order valence-corrected chi connectivity index (χ0v) is 11.4. The van der Waals surface area contributed by atoms with Crippen molar-refractivity contribution in [2.45, 2.75) is 13.3 Å². The second-order valence-electron chi connectivity index (χ2n) is 4.27. The molecule has 0 N–H and O–H groups in total. The van der Waals surface area contributed by atoms with E-state index in [0.717, 1.165) is 0 Å². The Labute approximate surface area is 106 Å². The van der Waals surface area contributed by atoms with Gasteiger partial charge in [-0.1, -0.05) is 13.0 Å². The minimum absolute atomic E-state index is 0.407. The van der Waals surface area contributed by atoms with Crippen LogP contribution in [0.1, 0.15) is 23.1 Å². The van der Waals surface area contributed by atoms with E-state index in [9.17, 15) is 9.00 Å². The Hall–Kier alpha value is -1.69. The molecule has 0 saturated carbocycles. The van der Waals surface area contributed by atoms with Gasteiger partial charge in [-0.25, -0.2) is 9.19 Å². The summed E-state index contributed by atoms with van der Waals surface area (Å²) in [5, 5.41) is 0. The SMILES string of the molecule is CCc1nc2ccccn2c1C(=O)N=S(C)(C)=O. The molecular weight excluding hydrogens is 250 g/mol. The molecule has 2 aromatic heterocycles. The lowest BCUT2D eigenvalue weighted by Crippen LogP contribution is -2.06. The maximum Gasteiger partial charge on any atom is 0.303 e. The number of carbonyl (C=O) groups is 1. The van der Waals surface area contributed by atoms with Crippen molar-refractivity contribution in [2.75, 3.05) is 12.5 Å². The van der Waals surface area contributed by atoms with Crippen molar-refractivity contribution in [1.29, 1.82) is 0 Å². The summed E-state index contributed by atoms with van der Waals surface area (Å²) in [5.74, 6) is -0.472. The van der Waals surface area contributed by atoms with Crippen LogP contribution in [0, 0.1) is 0 Å². The van der Waals surface area contributed by atoms with Crippen molar-refractivity contribution in [3.63, 3.8) is 0 Å². The van der Waals surface area contributed by atoms with Crippen LogP contribution in [0.2, 0.25) is 0 Å². The molecule has 5 nitrogen and oxygen atoms in total. The van der Waals surface area contributed by atoms with E-state index >= 15 is 0 Å². The summed E-state index contributed by atoms with van der Waals surface area (Å²) in [6.07, 6.45) is 5.28. The van der Waals surface area contributed by atoms with Gasteiger partial charge in [0.15, 0.2) is 0 Å². The number of nitrogens with zero attached hydrogens (tertiary/aromatic N) is 3. The van der Waals surface area contributed by atoms with E-state index in [-0.39, 0.29) is 0 Å². The molecule has 96 valence electrons. The van der Waals surface area contributed by atoms with Crippen molar-refractivity contribution >= 4 is 21.3 Å². The van der Waals surface area contributed by atoms with Crippen LogP contribution in [-0.2, 0) is 16.1 Å². The van der Waals surface area contributed by atoms with Gasteiger partial charge < -0.3 is 0 Å². The molecule has 0 aliphatic carbocycles. The van der Waals surface area contributed by atoms with E-state index in [0.29, 0.717) is 23.5 Å². The van der Waals surface area contributed by atoms with Gasteiger partial charge in [0.1, 0.15) is 11.3 Å². The summed E-state index contributed by atoms with van der Waals surface area (Å²) in [6.45, 7) is 1.92. The lowest BCUT2D eigenvalue weighted by Gasteiger charge is -2.00. The highest BCUT2D eigenvalue weighted by Crippen LogP contribution is 2.15. The van der Waals surface area contributed by atoms with Crippen molar-refractivity contribution < 1.29 is 9.00 Å². The first-order valence-corrected chi connectivity index (χ1v) is 7.93. The minimum Gasteiger partial charge on any atom is -0.295 e. The molecule has 0 radical (unpaired) electrons. The topological polar surface area (TPSA) is 63.8 Å². The Morgan fingerprint density at radius 1 is 1.44 bits per heavy atom. The fourth-order valence-corrected chi connectivity index (χ4v) is 2.25. The minimum atomic E-state index is -2.46. The van der Waals surface area contributed by atoms with Gasteiger partial charge in [-0.05, 0) is 18.6 Å². The van der Waals surface area contributed by atoms with Gasteiger partial charge in [0, 0.05) is 28.4 Å². The highest BCUT2D eigenvalue weighted by atomic mass is 32.2. The smallest absolute Gasteiger partial charge is 0.295 e. The molecule has 2 heterocycles. The molecule has 6 heteroatoms. The molecule has 0 aliphatic heterocycles. The monoisotopic (exact) mass is 265 g/mol. The van der Waals surface area contributed by atoms with Gasteiger partial charge in [0.2, 0.25) is 0 Å². The van der Waals surface area contributed by atoms with Crippen molar-refractivity contribution in [3.05, 3.63) is 35.8 Å². The third kappa shape index (κ3) is 2.43. The fourth-order valence-electron chi connectivity index (χ4n) is 1.76. The molecule has 18 heavy (non-hydrogen) atoms. The molecule has 1 amide bonds. The Balaban J connectivity index is 2.70. The maximum atomic E-state index is 12.1. The van der Waals surface area contributed by atoms with Crippen LogP contribution in [0.15, 0.2) is 28.8 Å². The molecule has 0 aromatic carbocycles. The Morgan fingerprint density at radius 3 is 2.78 bits per heavy atom. The molecule has 0 fully saturated rings. The number of hydrogen-bond acceptors (Lipinski definition) is 3. The number of rotatable bonds is 2. The summed E-state index contributed by atoms with van der Waals surface area (Å²) in [7, 11) is -2.46. The number of pyridine rings is 1. The number of carbonyl (C=O) groups excluding carboxylic acids is 1. The molecule has 0 spiro atoms. The van der Waals surface area contributed by atoms with Crippen LogP contribution >= 0.6 is 0 Å². The van der Waals surface area contributed by atoms with Crippen LogP contribution in [-0.4, -0.2) is 32.0 Å². The molecule has 0 aliphatic rings. The molecular formula is C12H15N3O2S. The van der Waals surface area contributed by atoms with Crippen molar-refractivity contribution in [2.24, 2.45) is 4.36 Å². The van der Waals surface area contributed by atoms with Gasteiger partial charge in [-0.3, -0.25) is 9.20 Å². The summed E-state index contributed by atoms with van der Waals surface area (Å²) in [4.78, 5) is 16.5. The van der Waals surface area contributed by atoms with Gasteiger partial charge in [-0.2, -0.15) is 4.36 Å². The van der Waals surface area contributed by atoms with Crippen LogP contribution in [0.5, 0.6) is 0 Å². The molecule has 0 saturated heterocycles. The standard InChI is InChI=1S/C12H15N3O2S/c1-4-9-11(12(16)14-18(2,3)17)15-8-6-5-7-10(15)13-9/h5-8H,4H2,1-3H3. The zero-order valence-electron chi connectivity index (χ0n) is 10.6. The van der Waals surface area contributed by atoms with E-state index in [1.54, 1.807) is 10.6 Å². The summed E-state index contributed by atoms with van der Waals surface area (Å²) >= 11 is 0. The van der Waals surface area contributed by atoms with Crippen LogP contribution < -0.4 is 0 Å². The average molecular weight is 265 g/mol. The Bertz CT molecular complexity index is 716. The summed E-state index contributed by atoms with van der Waals surface area (Å²) < 4.78 is 17.0. The van der Waals surface area contributed by atoms with E-state index in [1.165, 1.54) is 12.5 Å². The molecule has 0 atom stereocenters. The molecule has 2 aromatic rings. The lowest BCUT2D eigenvalue weighted by atomic mass is 10.2. The number of fused-ring (bicyclic) bond motifs is 1. The largest absolute Gasteiger partial charge is 0.303 e. The van der Waals surface area contributed by atoms with Crippen LogP contribution in [0.4, 0.5) is 0 Å². The normalized spacial score (nSPS) is 11.7. The van der Waals surface area contributed by atoms with E-state index < -0.39 is 15.6 Å². The number of amides is 1. The summed E-state index contributed by atoms with van der Waals surface area (Å²) in [6, 6.07) is 5.50. The Kier molecular flexibility index (Phi) is 3.21. The molecule has 0 bridgehead atoms. The first-order valence-electron chi connectivity index (χ1n) is 5.60. The zero-order chi connectivity index (χ0) is 13.3. The van der Waals surface area contributed by atoms with Gasteiger partial charge in [-0.15, -0.1) is 0 Å². The number of aromatic nitrogens is 2. The maximum absolute atomic E-state index is 12.1. The third-order valence-corrected chi connectivity index (χ3v) is 3.05. The second-order valence-corrected chi connectivity index (χ2v) is 6.81. The van der Waals surface area contributed by atoms with Crippen LogP contribution in [0.25, 0.3) is 5.65 Å². The van der Waals surface area contributed by atoms with Gasteiger partial charge in [0.05, 0.1) is 5.69 Å². The van der Waals surface area contributed by atoms with E-state index in [4.69, 9.17) is 0 Å². The quantitative estimate of drug-likeness (QED) is 0.831. The highest BCUT2D eigenvalue weighted by molar-refractivity contribution is 7.92. The number of imidazole rings is 1. The first-order chi connectivity index (χ1) is 8.42. The van der Waals surface area contributed by atoms with Crippen molar-refractivity contribution in [3.8, 4) is 0 Å². The fraction of sp³-hybridized carbons (Fsp3) is 0.333. The number of hydrogen-bond donors (Lipinski definition) is 0. The third-order valence-electron chi connectivity index (χ3n) is 2.44. The van der Waals surface area contributed by atoms with Gasteiger partial charge >= 0.3 is 5.91 Å². The highest BCUT2D eigenvalue weighted by Gasteiger charge is 2.18. The predicted molar refractivity (Wildman–Crippen MR) is 71.3 cm³/mol. The Morgan fingerprint density at radius 2 is 2.17 bits per heavy atom.